The first-order valence-corrected chi connectivity index (χ1v) is 15.8. The van der Waals surface area contributed by atoms with Crippen molar-refractivity contribution in [2.75, 3.05) is 25.1 Å². The van der Waals surface area contributed by atoms with Crippen LogP contribution in [0.4, 0.5) is 10.2 Å². The Morgan fingerprint density at radius 3 is 2.49 bits per heavy atom. The zero-order chi connectivity index (χ0) is 30.5. The number of nitrogens with two attached hydrogens (primary N) is 1. The number of aromatic nitrogens is 3. The Labute approximate surface area is 249 Å². The predicted octanol–water partition coefficient (Wildman–Crippen LogP) is 5.85. The number of fused-ring (bicyclic) bond motifs is 1. The number of halogens is 1. The topological polar surface area (TPSA) is 123 Å². The summed E-state index contributed by atoms with van der Waals surface area (Å²) in [6.45, 7) is 4.90. The number of hydrogen-bond acceptors (Lipinski definition) is 6. The number of carbonyl (C=O) groups excluding carboxylic acids is 1. The highest BCUT2D eigenvalue weighted by Crippen LogP contribution is 2.34. The molecule has 1 fully saturated rings. The van der Waals surface area contributed by atoms with Crippen molar-refractivity contribution < 1.29 is 22.3 Å². The first-order chi connectivity index (χ1) is 20.5. The first-order valence-electron chi connectivity index (χ1n) is 14.0. The van der Waals surface area contributed by atoms with E-state index in [-0.39, 0.29) is 28.8 Å². The minimum atomic E-state index is -3.19. The van der Waals surface area contributed by atoms with Gasteiger partial charge >= 0.3 is 0 Å². The molecule has 1 aliphatic rings. The Bertz CT molecular complexity index is 1970. The van der Waals surface area contributed by atoms with Gasteiger partial charge in [-0.3, -0.25) is 4.79 Å². The third-order valence-electron chi connectivity index (χ3n) is 8.13. The van der Waals surface area contributed by atoms with Crippen molar-refractivity contribution in [3.8, 4) is 17.2 Å². The number of hydrogen-bond donors (Lipinski definition) is 2. The number of aryl methyl sites for hydroxylation is 2. The molecule has 11 heteroatoms. The second-order valence-electron chi connectivity index (χ2n) is 11.1. The quantitative estimate of drug-likeness (QED) is 0.226. The van der Waals surface area contributed by atoms with Crippen molar-refractivity contribution in [3.63, 3.8) is 0 Å². The molecule has 0 atom stereocenters. The van der Waals surface area contributed by atoms with Crippen molar-refractivity contribution in [1.82, 2.24) is 19.1 Å². The van der Waals surface area contributed by atoms with Gasteiger partial charge in [-0.2, -0.15) is 5.10 Å². The van der Waals surface area contributed by atoms with Gasteiger partial charge in [0.1, 0.15) is 11.6 Å². The van der Waals surface area contributed by atoms with Crippen LogP contribution in [0.25, 0.3) is 16.6 Å². The lowest BCUT2D eigenvalue weighted by atomic mass is 9.87. The lowest BCUT2D eigenvalue weighted by molar-refractivity contribution is 0.103. The summed E-state index contributed by atoms with van der Waals surface area (Å²) in [6, 6.07) is 17.3. The molecular formula is C32H32FN5O4S. The van der Waals surface area contributed by atoms with Crippen LogP contribution in [0, 0.1) is 19.7 Å². The summed E-state index contributed by atoms with van der Waals surface area (Å²) in [7, 11) is -3.19. The highest BCUT2D eigenvalue weighted by Gasteiger charge is 2.27. The molecule has 2 aromatic heterocycles. The van der Waals surface area contributed by atoms with E-state index in [0.29, 0.717) is 30.2 Å². The van der Waals surface area contributed by atoms with E-state index in [1.165, 1.54) is 27.5 Å². The van der Waals surface area contributed by atoms with Crippen LogP contribution in [0.3, 0.4) is 0 Å². The summed E-state index contributed by atoms with van der Waals surface area (Å²) in [4.78, 5) is 16.8. The lowest BCUT2D eigenvalue weighted by Gasteiger charge is -2.31. The Kier molecular flexibility index (Phi) is 7.31. The molecule has 0 spiro atoms. The number of benzene rings is 3. The number of H-pyrrole nitrogens is 1. The standard InChI is InChI=1S/C32H32FN5O4S/c1-19-14-22-16-28(36-27(22)17-24(19)21-10-12-37(13-11-21)43(3,40)41)31(39)25-18-35-38(32(25)34)29-9-8-23(15-20(29)2)42-30-7-5-4-6-26(30)33/h4-9,14-18,21,36H,10-13,34H2,1-3H3. The van der Waals surface area contributed by atoms with Gasteiger partial charge in [0.2, 0.25) is 15.8 Å². The van der Waals surface area contributed by atoms with Crippen molar-refractivity contribution in [2.45, 2.75) is 32.6 Å². The van der Waals surface area contributed by atoms with Crippen LogP contribution in [0.2, 0.25) is 0 Å². The first kappa shape index (κ1) is 28.6. The highest BCUT2D eigenvalue weighted by atomic mass is 32.2. The molecule has 1 saturated heterocycles. The van der Waals surface area contributed by atoms with Gasteiger partial charge in [0.25, 0.3) is 0 Å². The van der Waals surface area contributed by atoms with Gasteiger partial charge in [0.05, 0.1) is 29.4 Å². The van der Waals surface area contributed by atoms with Crippen LogP contribution in [0.5, 0.6) is 11.5 Å². The van der Waals surface area contributed by atoms with Gasteiger partial charge in [-0.25, -0.2) is 21.8 Å². The van der Waals surface area contributed by atoms with E-state index in [4.69, 9.17) is 10.5 Å². The number of piperidine rings is 1. The molecule has 0 unspecified atom stereocenters. The maximum absolute atomic E-state index is 14.0. The number of carbonyl (C=O) groups is 1. The third kappa shape index (κ3) is 5.53. The fourth-order valence-electron chi connectivity index (χ4n) is 5.83. The van der Waals surface area contributed by atoms with Gasteiger partial charge < -0.3 is 15.5 Å². The van der Waals surface area contributed by atoms with Crippen LogP contribution >= 0.6 is 0 Å². The third-order valence-corrected chi connectivity index (χ3v) is 9.43. The summed E-state index contributed by atoms with van der Waals surface area (Å²) < 4.78 is 46.6. The second kappa shape index (κ2) is 11.0. The van der Waals surface area contributed by atoms with Gasteiger partial charge in [-0.1, -0.05) is 12.1 Å². The highest BCUT2D eigenvalue weighted by molar-refractivity contribution is 7.88. The summed E-state index contributed by atoms with van der Waals surface area (Å²) in [5.74, 6) is 0.287. The Morgan fingerprint density at radius 2 is 1.79 bits per heavy atom. The molecule has 1 aliphatic heterocycles. The normalized spacial score (nSPS) is 14.8. The molecule has 6 rings (SSSR count). The summed E-state index contributed by atoms with van der Waals surface area (Å²) in [5, 5.41) is 5.30. The molecule has 3 N–H and O–H groups in total. The molecule has 0 bridgehead atoms. The summed E-state index contributed by atoms with van der Waals surface area (Å²) in [6.07, 6.45) is 4.20. The number of rotatable bonds is 7. The monoisotopic (exact) mass is 601 g/mol. The van der Waals surface area contributed by atoms with E-state index < -0.39 is 15.8 Å². The number of ether oxygens (including phenoxy) is 1. The molecule has 222 valence electrons. The van der Waals surface area contributed by atoms with Crippen molar-refractivity contribution in [3.05, 3.63) is 101 Å². The van der Waals surface area contributed by atoms with Gasteiger partial charge in [0.15, 0.2) is 11.6 Å². The van der Waals surface area contributed by atoms with E-state index in [2.05, 4.69) is 22.2 Å². The van der Waals surface area contributed by atoms with E-state index in [0.717, 1.165) is 40.4 Å². The molecule has 0 radical (unpaired) electrons. The average Bonchev–Trinajstić information content (AvgIpc) is 3.56. The fourth-order valence-corrected chi connectivity index (χ4v) is 6.70. The number of anilines is 1. The zero-order valence-corrected chi connectivity index (χ0v) is 24.9. The molecule has 9 nitrogen and oxygen atoms in total. The molecule has 0 aliphatic carbocycles. The Hall–Kier alpha value is -4.48. The largest absolute Gasteiger partial charge is 0.454 e. The number of nitrogens with zero attached hydrogens (tertiary/aromatic N) is 3. The van der Waals surface area contributed by atoms with Crippen molar-refractivity contribution in [1.29, 1.82) is 0 Å². The molecular weight excluding hydrogens is 569 g/mol. The molecule has 3 heterocycles. The van der Waals surface area contributed by atoms with E-state index in [9.17, 15) is 17.6 Å². The van der Waals surface area contributed by atoms with Crippen molar-refractivity contribution in [2.24, 2.45) is 0 Å². The second-order valence-corrected chi connectivity index (χ2v) is 13.1. The SMILES string of the molecule is Cc1cc2cc(C(=O)c3cnn(-c4ccc(Oc5ccccc5F)cc4C)c3N)[nH]c2cc1C1CCN(S(C)(=O)=O)CC1. The van der Waals surface area contributed by atoms with Gasteiger partial charge in [0, 0.05) is 24.0 Å². The minimum Gasteiger partial charge on any atom is -0.454 e. The Balaban J connectivity index is 1.23. The molecule has 43 heavy (non-hydrogen) atoms. The molecule has 0 amide bonds. The smallest absolute Gasteiger partial charge is 0.214 e. The number of para-hydroxylation sites is 1. The number of aromatic amines is 1. The molecule has 5 aromatic rings. The number of ketones is 1. The van der Waals surface area contributed by atoms with E-state index in [1.54, 1.807) is 36.4 Å². The summed E-state index contributed by atoms with van der Waals surface area (Å²) in [5.41, 5.74) is 11.6. The van der Waals surface area contributed by atoms with Gasteiger partial charge in [-0.15, -0.1) is 0 Å². The maximum Gasteiger partial charge on any atom is 0.214 e. The van der Waals surface area contributed by atoms with Crippen molar-refractivity contribution >= 4 is 32.5 Å². The zero-order valence-electron chi connectivity index (χ0n) is 24.1. The average molecular weight is 602 g/mol. The van der Waals surface area contributed by atoms with Crippen LogP contribution in [0.15, 0.2) is 66.9 Å². The van der Waals surface area contributed by atoms with E-state index in [1.807, 2.05) is 19.9 Å². The fraction of sp³-hybridized carbons (Fsp3) is 0.250. The number of nitrogens with one attached hydrogen (secondary N) is 1. The number of nitrogen functional groups attached to an aromatic ring is 1. The van der Waals surface area contributed by atoms with Crippen LogP contribution in [-0.4, -0.2) is 52.6 Å². The molecule has 3 aromatic carbocycles. The lowest BCUT2D eigenvalue weighted by Crippen LogP contribution is -2.37. The van der Waals surface area contributed by atoms with Crippen LogP contribution in [-0.2, 0) is 10.0 Å². The van der Waals surface area contributed by atoms with Crippen LogP contribution < -0.4 is 10.5 Å². The Morgan fingerprint density at radius 1 is 1.05 bits per heavy atom. The maximum atomic E-state index is 14.0. The van der Waals surface area contributed by atoms with Crippen LogP contribution in [0.1, 0.15) is 51.5 Å². The minimum absolute atomic E-state index is 0.124. The number of sulfonamides is 1. The summed E-state index contributed by atoms with van der Waals surface area (Å²) >= 11 is 0. The van der Waals surface area contributed by atoms with Gasteiger partial charge in [-0.05, 0) is 97.8 Å². The predicted molar refractivity (Wildman–Crippen MR) is 164 cm³/mol. The molecule has 0 saturated carbocycles. The van der Waals surface area contributed by atoms with E-state index >= 15 is 0 Å².